The fraction of sp³-hybridized carbons (Fsp3) is 1.00. The molecule has 1 aliphatic carbocycles. The Morgan fingerprint density at radius 2 is 2.17 bits per heavy atom. The Morgan fingerprint density at radius 3 is 2.75 bits per heavy atom. The summed E-state index contributed by atoms with van der Waals surface area (Å²) in [5.74, 6) is 0.801. The second kappa shape index (κ2) is 3.75. The Balaban J connectivity index is 1.72. The first-order valence-corrected chi connectivity index (χ1v) is 5.26. The van der Waals surface area contributed by atoms with Crippen LogP contribution in [0.5, 0.6) is 0 Å². The molecule has 3 atom stereocenters. The lowest BCUT2D eigenvalue weighted by atomic mass is 9.97. The third-order valence-electron chi connectivity index (χ3n) is 3.29. The lowest BCUT2D eigenvalue weighted by Gasteiger charge is -2.15. The Bertz CT molecular complexity index is 143. The van der Waals surface area contributed by atoms with Gasteiger partial charge in [-0.1, -0.05) is 0 Å². The van der Waals surface area contributed by atoms with Gasteiger partial charge >= 0.3 is 0 Å². The number of hydrogen-bond donors (Lipinski definition) is 2. The minimum Gasteiger partial charge on any atom is -0.393 e. The van der Waals surface area contributed by atoms with Crippen LogP contribution in [0, 0.1) is 5.92 Å². The SMILES string of the molecule is O[C@@H]1CC[C@H](CC2CCCN2)C1. The molecule has 2 rings (SSSR count). The van der Waals surface area contributed by atoms with Gasteiger partial charge < -0.3 is 10.4 Å². The van der Waals surface area contributed by atoms with E-state index in [0.29, 0.717) is 0 Å². The summed E-state index contributed by atoms with van der Waals surface area (Å²) < 4.78 is 0. The van der Waals surface area contributed by atoms with Gasteiger partial charge in [0.15, 0.2) is 0 Å². The zero-order valence-corrected chi connectivity index (χ0v) is 7.63. The van der Waals surface area contributed by atoms with Crippen LogP contribution in [0.1, 0.15) is 38.5 Å². The van der Waals surface area contributed by atoms with Crippen LogP contribution < -0.4 is 5.32 Å². The first-order valence-electron chi connectivity index (χ1n) is 5.26. The summed E-state index contributed by atoms with van der Waals surface area (Å²) in [7, 11) is 0. The molecule has 0 bridgehead atoms. The summed E-state index contributed by atoms with van der Waals surface area (Å²) >= 11 is 0. The third kappa shape index (κ3) is 1.99. The molecular weight excluding hydrogens is 150 g/mol. The highest BCUT2D eigenvalue weighted by Crippen LogP contribution is 2.30. The molecule has 0 aromatic heterocycles. The average molecular weight is 169 g/mol. The smallest absolute Gasteiger partial charge is 0.0543 e. The van der Waals surface area contributed by atoms with Crippen molar-refractivity contribution in [2.24, 2.45) is 5.92 Å². The minimum absolute atomic E-state index is 0.0106. The van der Waals surface area contributed by atoms with Gasteiger partial charge in [0.25, 0.3) is 0 Å². The molecule has 2 heteroatoms. The van der Waals surface area contributed by atoms with Crippen molar-refractivity contribution in [1.29, 1.82) is 0 Å². The molecule has 1 saturated carbocycles. The molecular formula is C10H19NO. The number of aliphatic hydroxyl groups is 1. The van der Waals surface area contributed by atoms with E-state index in [9.17, 15) is 5.11 Å². The lowest BCUT2D eigenvalue weighted by molar-refractivity contribution is 0.176. The Morgan fingerprint density at radius 1 is 1.25 bits per heavy atom. The van der Waals surface area contributed by atoms with E-state index in [1.807, 2.05) is 0 Å². The van der Waals surface area contributed by atoms with Gasteiger partial charge in [-0.3, -0.25) is 0 Å². The standard InChI is InChI=1S/C10H19NO/c12-10-4-3-8(7-10)6-9-2-1-5-11-9/h8-12H,1-7H2/t8-,9?,10-/m1/s1. The Kier molecular flexibility index (Phi) is 2.66. The highest BCUT2D eigenvalue weighted by Gasteiger charge is 2.26. The van der Waals surface area contributed by atoms with Crippen LogP contribution in [0.15, 0.2) is 0 Å². The van der Waals surface area contributed by atoms with Crippen LogP contribution in [-0.4, -0.2) is 23.8 Å². The summed E-state index contributed by atoms with van der Waals surface area (Å²) in [4.78, 5) is 0. The van der Waals surface area contributed by atoms with Crippen molar-refractivity contribution >= 4 is 0 Å². The summed E-state index contributed by atoms with van der Waals surface area (Å²) in [6.07, 6.45) is 7.36. The maximum atomic E-state index is 9.35. The number of aliphatic hydroxyl groups excluding tert-OH is 1. The summed E-state index contributed by atoms with van der Waals surface area (Å²) in [5, 5.41) is 12.9. The zero-order chi connectivity index (χ0) is 8.39. The second-order valence-corrected chi connectivity index (χ2v) is 4.36. The molecule has 0 amide bonds. The van der Waals surface area contributed by atoms with E-state index in [2.05, 4.69) is 5.32 Å². The molecule has 2 fully saturated rings. The third-order valence-corrected chi connectivity index (χ3v) is 3.29. The predicted molar refractivity (Wildman–Crippen MR) is 49.0 cm³/mol. The van der Waals surface area contributed by atoms with Crippen molar-refractivity contribution in [3.8, 4) is 0 Å². The van der Waals surface area contributed by atoms with Gasteiger partial charge in [-0.15, -0.1) is 0 Å². The first-order chi connectivity index (χ1) is 5.84. The number of nitrogens with one attached hydrogen (secondary N) is 1. The monoisotopic (exact) mass is 169 g/mol. The van der Waals surface area contributed by atoms with Crippen molar-refractivity contribution in [3.63, 3.8) is 0 Å². The highest BCUT2D eigenvalue weighted by molar-refractivity contribution is 4.82. The maximum absolute atomic E-state index is 9.35. The molecule has 0 radical (unpaired) electrons. The highest BCUT2D eigenvalue weighted by atomic mass is 16.3. The van der Waals surface area contributed by atoms with E-state index in [1.165, 1.54) is 32.2 Å². The van der Waals surface area contributed by atoms with Crippen molar-refractivity contribution < 1.29 is 5.11 Å². The fourth-order valence-electron chi connectivity index (χ4n) is 2.62. The van der Waals surface area contributed by atoms with E-state index >= 15 is 0 Å². The molecule has 1 heterocycles. The Hall–Kier alpha value is -0.0800. The summed E-state index contributed by atoms with van der Waals surface area (Å²) in [6.45, 7) is 1.21. The maximum Gasteiger partial charge on any atom is 0.0543 e. The molecule has 2 nitrogen and oxygen atoms in total. The quantitative estimate of drug-likeness (QED) is 0.653. The van der Waals surface area contributed by atoms with Gasteiger partial charge in [-0.25, -0.2) is 0 Å². The molecule has 0 spiro atoms. The van der Waals surface area contributed by atoms with Crippen molar-refractivity contribution in [1.82, 2.24) is 5.32 Å². The topological polar surface area (TPSA) is 32.3 Å². The fourth-order valence-corrected chi connectivity index (χ4v) is 2.62. The van der Waals surface area contributed by atoms with Gasteiger partial charge in [-0.2, -0.15) is 0 Å². The molecule has 1 aliphatic heterocycles. The molecule has 12 heavy (non-hydrogen) atoms. The van der Waals surface area contributed by atoms with Gasteiger partial charge in [0.1, 0.15) is 0 Å². The average Bonchev–Trinajstić information content (AvgIpc) is 2.63. The van der Waals surface area contributed by atoms with Gasteiger partial charge in [0.05, 0.1) is 6.10 Å². The van der Waals surface area contributed by atoms with Gasteiger partial charge in [0.2, 0.25) is 0 Å². The lowest BCUT2D eigenvalue weighted by Crippen LogP contribution is -2.23. The van der Waals surface area contributed by atoms with E-state index in [4.69, 9.17) is 0 Å². The molecule has 0 aromatic rings. The van der Waals surface area contributed by atoms with Crippen LogP contribution in [0.3, 0.4) is 0 Å². The first kappa shape index (κ1) is 8.52. The molecule has 70 valence electrons. The Labute approximate surface area is 74.4 Å². The van der Waals surface area contributed by atoms with Crippen LogP contribution in [0.2, 0.25) is 0 Å². The van der Waals surface area contributed by atoms with Crippen LogP contribution in [0.4, 0.5) is 0 Å². The van der Waals surface area contributed by atoms with Gasteiger partial charge in [0, 0.05) is 6.04 Å². The van der Waals surface area contributed by atoms with Crippen LogP contribution >= 0.6 is 0 Å². The summed E-state index contributed by atoms with van der Waals surface area (Å²) in [5.41, 5.74) is 0. The number of rotatable bonds is 2. The number of hydrogen-bond acceptors (Lipinski definition) is 2. The largest absolute Gasteiger partial charge is 0.393 e. The van der Waals surface area contributed by atoms with Gasteiger partial charge in [-0.05, 0) is 51.0 Å². The molecule has 1 unspecified atom stereocenters. The predicted octanol–water partition coefficient (Wildman–Crippen LogP) is 1.29. The normalized spacial score (nSPS) is 42.2. The van der Waals surface area contributed by atoms with Crippen LogP contribution in [-0.2, 0) is 0 Å². The van der Waals surface area contributed by atoms with Crippen molar-refractivity contribution in [2.45, 2.75) is 50.7 Å². The molecule has 0 aromatic carbocycles. The van der Waals surface area contributed by atoms with Crippen molar-refractivity contribution in [3.05, 3.63) is 0 Å². The molecule has 2 N–H and O–H groups in total. The van der Waals surface area contributed by atoms with Crippen LogP contribution in [0.25, 0.3) is 0 Å². The second-order valence-electron chi connectivity index (χ2n) is 4.36. The van der Waals surface area contributed by atoms with E-state index in [0.717, 1.165) is 24.8 Å². The van der Waals surface area contributed by atoms with E-state index in [1.54, 1.807) is 0 Å². The van der Waals surface area contributed by atoms with Crippen molar-refractivity contribution in [2.75, 3.05) is 6.54 Å². The summed E-state index contributed by atoms with van der Waals surface area (Å²) in [6, 6.07) is 0.764. The molecule has 2 aliphatic rings. The molecule has 1 saturated heterocycles. The minimum atomic E-state index is 0.0106. The van der Waals surface area contributed by atoms with E-state index in [-0.39, 0.29) is 6.10 Å². The van der Waals surface area contributed by atoms with E-state index < -0.39 is 0 Å². The zero-order valence-electron chi connectivity index (χ0n) is 7.63.